The molecular formula is C17H25O3-. The summed E-state index contributed by atoms with van der Waals surface area (Å²) in [6, 6.07) is 0. The standard InChI is InChI=1S/C17H26O3/c1-5-6-7-11(15(19)20)10-12-13-8-9-17(4,14(12)18)16(13,2)3/h10-11,13H,5-9H2,1-4H3,(H,19,20)/p-1/b12-10+/t11-,13-,17-/m0/s1. The molecule has 0 N–H and O–H groups in total. The SMILES string of the molecule is CCCC[C@@H](/C=C1/C(=O)[C@]2(C)CC[C@@H]1C2(C)C)C(=O)[O-]. The molecule has 0 unspecified atom stereocenters. The Bertz CT molecular complexity index is 461. The molecule has 20 heavy (non-hydrogen) atoms. The molecule has 0 aliphatic heterocycles. The Balaban J connectivity index is 2.31. The van der Waals surface area contributed by atoms with Crippen LogP contribution in [0.3, 0.4) is 0 Å². The minimum Gasteiger partial charge on any atom is -0.550 e. The van der Waals surface area contributed by atoms with Gasteiger partial charge in [0.05, 0.1) is 0 Å². The highest BCUT2D eigenvalue weighted by Gasteiger charge is 2.63. The van der Waals surface area contributed by atoms with Gasteiger partial charge in [0.1, 0.15) is 0 Å². The Morgan fingerprint density at radius 1 is 1.45 bits per heavy atom. The van der Waals surface area contributed by atoms with E-state index in [-0.39, 0.29) is 22.5 Å². The lowest BCUT2D eigenvalue weighted by Crippen LogP contribution is -2.33. The fourth-order valence-corrected chi connectivity index (χ4v) is 4.03. The van der Waals surface area contributed by atoms with Gasteiger partial charge in [0, 0.05) is 17.3 Å². The van der Waals surface area contributed by atoms with Crippen LogP contribution in [0.4, 0.5) is 0 Å². The number of hydrogen-bond donors (Lipinski definition) is 0. The van der Waals surface area contributed by atoms with Crippen molar-refractivity contribution in [2.24, 2.45) is 22.7 Å². The van der Waals surface area contributed by atoms with Gasteiger partial charge in [-0.3, -0.25) is 4.79 Å². The summed E-state index contributed by atoms with van der Waals surface area (Å²) in [5.41, 5.74) is 0.385. The van der Waals surface area contributed by atoms with Crippen LogP contribution in [0.5, 0.6) is 0 Å². The molecule has 0 aromatic heterocycles. The molecule has 2 saturated carbocycles. The average Bonchev–Trinajstić information content (AvgIpc) is 2.67. The van der Waals surface area contributed by atoms with E-state index in [9.17, 15) is 14.7 Å². The van der Waals surface area contributed by atoms with Crippen LogP contribution in [0.25, 0.3) is 0 Å². The number of aliphatic carboxylic acids is 1. The summed E-state index contributed by atoms with van der Waals surface area (Å²) in [5, 5.41) is 11.3. The highest BCUT2D eigenvalue weighted by molar-refractivity contribution is 6.05. The van der Waals surface area contributed by atoms with Gasteiger partial charge in [-0.2, -0.15) is 0 Å². The number of Topliss-reactive ketones (excluding diaryl/α,β-unsaturated/α-hetero) is 1. The Morgan fingerprint density at radius 3 is 2.55 bits per heavy atom. The molecule has 0 aromatic carbocycles. The summed E-state index contributed by atoms with van der Waals surface area (Å²) < 4.78 is 0. The number of rotatable bonds is 5. The molecule has 3 nitrogen and oxygen atoms in total. The van der Waals surface area contributed by atoms with Gasteiger partial charge < -0.3 is 9.90 Å². The van der Waals surface area contributed by atoms with Crippen molar-refractivity contribution in [3.05, 3.63) is 11.6 Å². The van der Waals surface area contributed by atoms with Crippen molar-refractivity contribution in [2.75, 3.05) is 0 Å². The van der Waals surface area contributed by atoms with Crippen molar-refractivity contribution < 1.29 is 14.7 Å². The van der Waals surface area contributed by atoms with Crippen molar-refractivity contribution in [1.82, 2.24) is 0 Å². The summed E-state index contributed by atoms with van der Waals surface area (Å²) in [7, 11) is 0. The number of allylic oxidation sites excluding steroid dienone is 1. The molecule has 2 rings (SSSR count). The van der Waals surface area contributed by atoms with E-state index in [1.165, 1.54) is 0 Å². The molecule has 2 aliphatic carbocycles. The Hall–Kier alpha value is -1.12. The Morgan fingerprint density at radius 2 is 2.10 bits per heavy atom. The lowest BCUT2D eigenvalue weighted by molar-refractivity contribution is -0.309. The minimum absolute atomic E-state index is 0.0584. The number of fused-ring (bicyclic) bond motifs is 2. The maximum Gasteiger partial charge on any atom is 0.165 e. The second kappa shape index (κ2) is 5.01. The van der Waals surface area contributed by atoms with Crippen LogP contribution in [0.2, 0.25) is 0 Å². The summed E-state index contributed by atoms with van der Waals surface area (Å²) in [6.07, 6.45) is 6.00. The fourth-order valence-electron chi connectivity index (χ4n) is 4.03. The highest BCUT2D eigenvalue weighted by atomic mass is 16.4. The summed E-state index contributed by atoms with van der Waals surface area (Å²) in [4.78, 5) is 23.9. The number of ketones is 1. The smallest absolute Gasteiger partial charge is 0.165 e. The van der Waals surface area contributed by atoms with Crippen LogP contribution in [0.1, 0.15) is 59.8 Å². The van der Waals surface area contributed by atoms with Crippen LogP contribution in [0, 0.1) is 22.7 Å². The average molecular weight is 277 g/mol. The first-order chi connectivity index (χ1) is 9.25. The predicted octanol–water partition coefficient (Wildman–Crippen LogP) is 2.49. The lowest BCUT2D eigenvalue weighted by atomic mass is 9.70. The van der Waals surface area contributed by atoms with Gasteiger partial charge >= 0.3 is 0 Å². The van der Waals surface area contributed by atoms with Crippen LogP contribution in [-0.4, -0.2) is 11.8 Å². The molecule has 2 fully saturated rings. The zero-order chi connectivity index (χ0) is 15.1. The molecule has 0 heterocycles. The van der Waals surface area contributed by atoms with Gasteiger partial charge in [-0.15, -0.1) is 0 Å². The third kappa shape index (κ3) is 2.02. The number of unbranched alkanes of at least 4 members (excludes halogenated alkanes) is 1. The highest BCUT2D eigenvalue weighted by Crippen LogP contribution is 2.65. The van der Waals surface area contributed by atoms with Crippen LogP contribution in [-0.2, 0) is 9.59 Å². The van der Waals surface area contributed by atoms with E-state index in [2.05, 4.69) is 13.8 Å². The largest absolute Gasteiger partial charge is 0.550 e. The number of carboxylic acid groups (broad SMARTS) is 1. The molecular weight excluding hydrogens is 252 g/mol. The van der Waals surface area contributed by atoms with E-state index in [1.54, 1.807) is 6.08 Å². The van der Waals surface area contributed by atoms with E-state index >= 15 is 0 Å². The van der Waals surface area contributed by atoms with Gasteiger partial charge in [-0.25, -0.2) is 0 Å². The predicted molar refractivity (Wildman–Crippen MR) is 75.7 cm³/mol. The maximum absolute atomic E-state index is 12.7. The van der Waals surface area contributed by atoms with E-state index in [4.69, 9.17) is 0 Å². The number of hydrogen-bond acceptors (Lipinski definition) is 3. The van der Waals surface area contributed by atoms with E-state index < -0.39 is 11.9 Å². The van der Waals surface area contributed by atoms with Gasteiger partial charge in [-0.1, -0.05) is 46.6 Å². The number of carbonyl (C=O) groups is 2. The Kier molecular flexibility index (Phi) is 3.83. The van der Waals surface area contributed by atoms with E-state index in [0.717, 1.165) is 31.3 Å². The molecule has 0 amide bonds. The summed E-state index contributed by atoms with van der Waals surface area (Å²) >= 11 is 0. The molecule has 112 valence electrons. The lowest BCUT2D eigenvalue weighted by Gasteiger charge is -2.31. The number of carboxylic acids is 1. The Labute approximate surface area is 121 Å². The molecule has 3 atom stereocenters. The number of carbonyl (C=O) groups excluding carboxylic acids is 2. The fraction of sp³-hybridized carbons (Fsp3) is 0.765. The molecule has 0 spiro atoms. The molecule has 0 aromatic rings. The third-order valence-corrected chi connectivity index (χ3v) is 5.92. The zero-order valence-electron chi connectivity index (χ0n) is 13.0. The second-order valence-corrected chi connectivity index (χ2v) is 7.16. The summed E-state index contributed by atoms with van der Waals surface area (Å²) in [6.45, 7) is 8.36. The first kappa shape index (κ1) is 15.3. The van der Waals surface area contributed by atoms with Crippen LogP contribution in [0.15, 0.2) is 11.6 Å². The van der Waals surface area contributed by atoms with Gasteiger partial charge in [0.25, 0.3) is 0 Å². The van der Waals surface area contributed by atoms with Crippen molar-refractivity contribution in [3.8, 4) is 0 Å². The van der Waals surface area contributed by atoms with Gasteiger partial charge in [0.15, 0.2) is 5.78 Å². The van der Waals surface area contributed by atoms with Gasteiger partial charge in [-0.05, 0) is 36.2 Å². The normalized spacial score (nSPS) is 34.7. The zero-order valence-corrected chi connectivity index (χ0v) is 13.0. The van der Waals surface area contributed by atoms with Crippen molar-refractivity contribution in [2.45, 2.75) is 59.8 Å². The summed E-state index contributed by atoms with van der Waals surface area (Å²) in [5.74, 6) is -1.29. The molecule has 2 aliphatic rings. The van der Waals surface area contributed by atoms with E-state index in [0.29, 0.717) is 6.42 Å². The molecule has 3 heteroatoms. The van der Waals surface area contributed by atoms with Crippen molar-refractivity contribution >= 4 is 11.8 Å². The first-order valence-corrected chi connectivity index (χ1v) is 7.73. The van der Waals surface area contributed by atoms with Gasteiger partial charge in [0.2, 0.25) is 0 Å². The minimum atomic E-state index is -1.05. The first-order valence-electron chi connectivity index (χ1n) is 7.73. The molecule has 0 saturated heterocycles. The van der Waals surface area contributed by atoms with E-state index in [1.807, 2.05) is 13.8 Å². The van der Waals surface area contributed by atoms with Crippen molar-refractivity contribution in [3.63, 3.8) is 0 Å². The van der Waals surface area contributed by atoms with Crippen LogP contribution < -0.4 is 5.11 Å². The van der Waals surface area contributed by atoms with Crippen LogP contribution >= 0.6 is 0 Å². The quantitative estimate of drug-likeness (QED) is 0.725. The molecule has 0 radical (unpaired) electrons. The van der Waals surface area contributed by atoms with Crippen molar-refractivity contribution in [1.29, 1.82) is 0 Å². The molecule has 2 bridgehead atoms. The topological polar surface area (TPSA) is 57.2 Å². The maximum atomic E-state index is 12.7. The second-order valence-electron chi connectivity index (χ2n) is 7.16. The monoisotopic (exact) mass is 277 g/mol. The third-order valence-electron chi connectivity index (χ3n) is 5.92.